The zero-order valence-corrected chi connectivity index (χ0v) is 15.0. The van der Waals surface area contributed by atoms with Crippen LogP contribution >= 0.6 is 43.5 Å². The summed E-state index contributed by atoms with van der Waals surface area (Å²) in [7, 11) is 0. The van der Waals surface area contributed by atoms with Crippen molar-refractivity contribution >= 4 is 43.5 Å². The van der Waals surface area contributed by atoms with Crippen LogP contribution in [-0.4, -0.2) is 13.2 Å². The molecule has 1 aliphatic rings. The van der Waals surface area contributed by atoms with Crippen LogP contribution in [-0.2, 0) is 0 Å². The van der Waals surface area contributed by atoms with Crippen LogP contribution in [0.4, 0.5) is 0 Å². The first kappa shape index (κ1) is 15.2. The number of fused-ring (bicyclic) bond motifs is 1. The van der Waals surface area contributed by atoms with Crippen molar-refractivity contribution in [2.75, 3.05) is 13.2 Å². The van der Waals surface area contributed by atoms with Gasteiger partial charge in [0, 0.05) is 10.9 Å². The molecule has 2 nitrogen and oxygen atoms in total. The molecule has 1 unspecified atom stereocenters. The molecule has 5 heteroatoms. The molecule has 1 atom stereocenters. The van der Waals surface area contributed by atoms with Gasteiger partial charge in [-0.1, -0.05) is 45.7 Å². The van der Waals surface area contributed by atoms with E-state index in [1.807, 2.05) is 36.4 Å². The first-order chi connectivity index (χ1) is 10.2. The third kappa shape index (κ3) is 3.22. The predicted molar refractivity (Wildman–Crippen MR) is 92.0 cm³/mol. The Hall–Kier alpha value is -0.710. The lowest BCUT2D eigenvalue weighted by molar-refractivity contribution is 0.297. The van der Waals surface area contributed by atoms with Gasteiger partial charge in [-0.05, 0) is 45.3 Å². The summed E-state index contributed by atoms with van der Waals surface area (Å²) >= 11 is 13.6. The molecule has 0 spiro atoms. The molecule has 0 aromatic heterocycles. The second-order valence-corrected chi connectivity index (χ2v) is 6.91. The Balaban J connectivity index is 1.96. The number of hydrogen-bond donors (Lipinski definition) is 0. The highest BCUT2D eigenvalue weighted by atomic mass is 79.9. The molecule has 1 aliphatic heterocycles. The Kier molecular flexibility index (Phi) is 4.77. The molecule has 110 valence electrons. The van der Waals surface area contributed by atoms with Crippen molar-refractivity contribution in [2.24, 2.45) is 0 Å². The van der Waals surface area contributed by atoms with E-state index in [4.69, 9.17) is 21.1 Å². The molecule has 0 aliphatic carbocycles. The van der Waals surface area contributed by atoms with Crippen LogP contribution in [0.3, 0.4) is 0 Å². The molecule has 1 heterocycles. The molecule has 2 aromatic carbocycles. The summed E-state index contributed by atoms with van der Waals surface area (Å²) in [5, 5.41) is 0.714. The summed E-state index contributed by atoms with van der Waals surface area (Å²) in [6, 6.07) is 11.9. The molecular weight excluding hydrogens is 419 g/mol. The van der Waals surface area contributed by atoms with Gasteiger partial charge in [-0.3, -0.25) is 0 Å². The van der Waals surface area contributed by atoms with Gasteiger partial charge in [0.15, 0.2) is 11.5 Å². The maximum atomic E-state index is 6.37. The molecule has 3 rings (SSSR count). The van der Waals surface area contributed by atoms with Crippen LogP contribution in [0.5, 0.6) is 11.5 Å². The minimum Gasteiger partial charge on any atom is -0.490 e. The molecule has 0 amide bonds. The van der Waals surface area contributed by atoms with Gasteiger partial charge in [0.2, 0.25) is 0 Å². The summed E-state index contributed by atoms with van der Waals surface area (Å²) in [6.45, 7) is 1.38. The monoisotopic (exact) mass is 430 g/mol. The first-order valence-electron chi connectivity index (χ1n) is 6.64. The highest BCUT2D eigenvalue weighted by Crippen LogP contribution is 2.41. The number of rotatable bonds is 2. The second-order valence-electron chi connectivity index (χ2n) is 4.76. The van der Waals surface area contributed by atoms with Crippen LogP contribution < -0.4 is 9.47 Å². The van der Waals surface area contributed by atoms with Crippen molar-refractivity contribution in [3.63, 3.8) is 0 Å². The van der Waals surface area contributed by atoms with E-state index < -0.39 is 0 Å². The third-order valence-corrected chi connectivity index (χ3v) is 5.65. The van der Waals surface area contributed by atoms with E-state index in [9.17, 15) is 0 Å². The summed E-state index contributed by atoms with van der Waals surface area (Å²) < 4.78 is 12.3. The largest absolute Gasteiger partial charge is 0.490 e. The third-order valence-electron chi connectivity index (χ3n) is 3.32. The van der Waals surface area contributed by atoms with Gasteiger partial charge in [0.25, 0.3) is 0 Å². The van der Waals surface area contributed by atoms with E-state index in [0.717, 1.165) is 33.5 Å². The van der Waals surface area contributed by atoms with Crippen molar-refractivity contribution in [1.82, 2.24) is 0 Å². The highest BCUT2D eigenvalue weighted by molar-refractivity contribution is 9.10. The van der Waals surface area contributed by atoms with E-state index >= 15 is 0 Å². The fourth-order valence-electron chi connectivity index (χ4n) is 2.23. The fraction of sp³-hybridized carbons (Fsp3) is 0.250. The minimum absolute atomic E-state index is 0.000321. The van der Waals surface area contributed by atoms with Gasteiger partial charge in [0.05, 0.1) is 23.1 Å². The summed E-state index contributed by atoms with van der Waals surface area (Å²) in [4.78, 5) is -0.000321. The van der Waals surface area contributed by atoms with Gasteiger partial charge in [-0.25, -0.2) is 0 Å². The van der Waals surface area contributed by atoms with E-state index in [1.54, 1.807) is 0 Å². The Morgan fingerprint density at radius 2 is 1.81 bits per heavy atom. The van der Waals surface area contributed by atoms with Gasteiger partial charge in [0.1, 0.15) is 0 Å². The van der Waals surface area contributed by atoms with E-state index in [0.29, 0.717) is 18.2 Å². The summed E-state index contributed by atoms with van der Waals surface area (Å²) in [6.07, 6.45) is 0.902. The van der Waals surface area contributed by atoms with Crippen LogP contribution in [0.1, 0.15) is 22.4 Å². The highest BCUT2D eigenvalue weighted by Gasteiger charge is 2.18. The lowest BCUT2D eigenvalue weighted by Crippen LogP contribution is -1.98. The molecule has 2 aromatic rings. The van der Waals surface area contributed by atoms with Gasteiger partial charge < -0.3 is 9.47 Å². The normalized spacial score (nSPS) is 15.4. The van der Waals surface area contributed by atoms with Crippen molar-refractivity contribution in [1.29, 1.82) is 0 Å². The summed E-state index contributed by atoms with van der Waals surface area (Å²) in [5.41, 5.74) is 2.10. The lowest BCUT2D eigenvalue weighted by Gasteiger charge is -2.15. The van der Waals surface area contributed by atoms with Crippen LogP contribution in [0.2, 0.25) is 5.02 Å². The number of hydrogen-bond acceptors (Lipinski definition) is 2. The molecule has 0 saturated heterocycles. The molecule has 0 N–H and O–H groups in total. The lowest BCUT2D eigenvalue weighted by atomic mass is 10.0. The van der Waals surface area contributed by atoms with E-state index in [1.165, 1.54) is 0 Å². The molecule has 0 bridgehead atoms. The van der Waals surface area contributed by atoms with Crippen molar-refractivity contribution in [3.05, 3.63) is 57.0 Å². The molecule has 21 heavy (non-hydrogen) atoms. The Morgan fingerprint density at radius 3 is 2.62 bits per heavy atom. The van der Waals surface area contributed by atoms with Crippen LogP contribution in [0, 0.1) is 0 Å². The fourth-order valence-corrected chi connectivity index (χ4v) is 3.65. The molecule has 0 fully saturated rings. The predicted octanol–water partition coefficient (Wildman–Crippen LogP) is 5.75. The average Bonchev–Trinajstić information content (AvgIpc) is 2.74. The Labute approximate surface area is 145 Å². The van der Waals surface area contributed by atoms with Crippen molar-refractivity contribution in [2.45, 2.75) is 11.2 Å². The quantitative estimate of drug-likeness (QED) is 0.563. The van der Waals surface area contributed by atoms with Crippen LogP contribution in [0.25, 0.3) is 0 Å². The number of halogens is 3. The van der Waals surface area contributed by atoms with E-state index in [-0.39, 0.29) is 4.83 Å². The number of benzene rings is 2. The molecule has 0 radical (unpaired) electrons. The van der Waals surface area contributed by atoms with Gasteiger partial charge in [-0.2, -0.15) is 0 Å². The Morgan fingerprint density at radius 1 is 1.05 bits per heavy atom. The van der Waals surface area contributed by atoms with Crippen molar-refractivity contribution < 1.29 is 9.47 Å². The Bertz CT molecular complexity index is 661. The first-order valence-corrected chi connectivity index (χ1v) is 8.73. The summed E-state index contributed by atoms with van der Waals surface area (Å²) in [5.74, 6) is 1.59. The zero-order valence-electron chi connectivity index (χ0n) is 11.1. The smallest absolute Gasteiger partial charge is 0.161 e. The van der Waals surface area contributed by atoms with Gasteiger partial charge >= 0.3 is 0 Å². The molecular formula is C16H13Br2ClO2. The topological polar surface area (TPSA) is 18.5 Å². The SMILES string of the molecule is Clc1c(Br)cccc1C(Br)c1ccc2c(c1)OCCCO2. The second kappa shape index (κ2) is 6.59. The standard InChI is InChI=1S/C16H13Br2ClO2/c17-12-4-1-3-11(16(12)19)15(18)10-5-6-13-14(9-10)21-8-2-7-20-13/h1,3-6,9,15H,2,7-8H2. The average molecular weight is 433 g/mol. The minimum atomic E-state index is -0.000321. The zero-order chi connectivity index (χ0) is 14.8. The number of alkyl halides is 1. The van der Waals surface area contributed by atoms with Crippen molar-refractivity contribution in [3.8, 4) is 11.5 Å². The number of ether oxygens (including phenoxy) is 2. The maximum absolute atomic E-state index is 6.37. The van der Waals surface area contributed by atoms with E-state index in [2.05, 4.69) is 31.9 Å². The van der Waals surface area contributed by atoms with Gasteiger partial charge in [-0.15, -0.1) is 0 Å². The maximum Gasteiger partial charge on any atom is 0.161 e. The molecule has 0 saturated carbocycles. The van der Waals surface area contributed by atoms with Crippen LogP contribution in [0.15, 0.2) is 40.9 Å².